The van der Waals surface area contributed by atoms with E-state index in [2.05, 4.69) is 9.88 Å². The molecular formula is C21H27N3O2S. The molecule has 1 aromatic heterocycles. The van der Waals surface area contributed by atoms with Crippen LogP contribution in [0.3, 0.4) is 0 Å². The number of hydrogen-bond acceptors (Lipinski definition) is 4. The maximum Gasteiger partial charge on any atom is 0.233 e. The summed E-state index contributed by atoms with van der Waals surface area (Å²) in [5.41, 5.74) is 0.991. The Hall–Kier alpha value is -1.95. The summed E-state index contributed by atoms with van der Waals surface area (Å²) in [6.07, 6.45) is 10.2. The van der Waals surface area contributed by atoms with E-state index in [9.17, 15) is 4.79 Å². The second kappa shape index (κ2) is 8.38. The highest BCUT2D eigenvalue weighted by Gasteiger charge is 2.32. The van der Waals surface area contributed by atoms with Gasteiger partial charge in [0.25, 0.3) is 0 Å². The Morgan fingerprint density at radius 2 is 2.11 bits per heavy atom. The van der Waals surface area contributed by atoms with E-state index >= 15 is 0 Å². The number of nitrogens with zero attached hydrogens (tertiary/aromatic N) is 3. The minimum Gasteiger partial charge on any atom is -0.497 e. The Bertz CT molecular complexity index is 791. The van der Waals surface area contributed by atoms with Gasteiger partial charge in [-0.15, -0.1) is 0 Å². The fraction of sp³-hybridized carbons (Fsp3) is 0.524. The van der Waals surface area contributed by atoms with Gasteiger partial charge in [-0.2, -0.15) is 0 Å². The van der Waals surface area contributed by atoms with Crippen molar-refractivity contribution in [2.45, 2.75) is 37.3 Å². The Balaban J connectivity index is 1.38. The van der Waals surface area contributed by atoms with Gasteiger partial charge >= 0.3 is 0 Å². The Morgan fingerprint density at radius 1 is 1.26 bits per heavy atom. The van der Waals surface area contributed by atoms with Crippen molar-refractivity contribution in [3.05, 3.63) is 36.7 Å². The van der Waals surface area contributed by atoms with Crippen LogP contribution in [0, 0.1) is 11.8 Å². The molecule has 1 aromatic carbocycles. The van der Waals surface area contributed by atoms with Crippen LogP contribution in [0.2, 0.25) is 0 Å². The molecule has 2 aliphatic rings. The first-order chi connectivity index (χ1) is 13.2. The third-order valence-electron chi connectivity index (χ3n) is 5.91. The summed E-state index contributed by atoms with van der Waals surface area (Å²) in [6.45, 7) is 1.87. The zero-order valence-corrected chi connectivity index (χ0v) is 16.7. The van der Waals surface area contributed by atoms with E-state index in [1.54, 1.807) is 13.3 Å². The normalized spacial score (nSPS) is 22.3. The van der Waals surface area contributed by atoms with Gasteiger partial charge in [0.05, 0.1) is 18.6 Å². The number of carbonyl (C=O) groups excluding carboxylic acids is 1. The molecule has 2 atom stereocenters. The molecular weight excluding hydrogens is 358 g/mol. The lowest BCUT2D eigenvalue weighted by Crippen LogP contribution is -2.45. The van der Waals surface area contributed by atoms with Crippen molar-refractivity contribution >= 4 is 17.7 Å². The van der Waals surface area contributed by atoms with E-state index in [-0.39, 0.29) is 5.91 Å². The first-order valence-electron chi connectivity index (χ1n) is 9.83. The van der Waals surface area contributed by atoms with Crippen LogP contribution < -0.4 is 4.74 Å². The van der Waals surface area contributed by atoms with E-state index in [1.165, 1.54) is 43.9 Å². The van der Waals surface area contributed by atoms with Crippen molar-refractivity contribution in [2.75, 3.05) is 26.0 Å². The molecule has 1 saturated carbocycles. The predicted molar refractivity (Wildman–Crippen MR) is 107 cm³/mol. The van der Waals surface area contributed by atoms with E-state index in [4.69, 9.17) is 4.74 Å². The Kier molecular flexibility index (Phi) is 5.72. The number of hydrogen-bond donors (Lipinski definition) is 0. The monoisotopic (exact) mass is 385 g/mol. The fourth-order valence-electron chi connectivity index (χ4n) is 4.40. The molecule has 5 nitrogen and oxygen atoms in total. The molecule has 4 rings (SSSR count). The van der Waals surface area contributed by atoms with Crippen LogP contribution in [0.25, 0.3) is 5.69 Å². The number of carbonyl (C=O) groups is 1. The summed E-state index contributed by atoms with van der Waals surface area (Å²) in [5.74, 6) is 3.06. The fourth-order valence-corrected chi connectivity index (χ4v) is 5.27. The average molecular weight is 386 g/mol. The van der Waals surface area contributed by atoms with E-state index in [1.807, 2.05) is 35.0 Å². The minimum absolute atomic E-state index is 0.240. The van der Waals surface area contributed by atoms with Gasteiger partial charge < -0.3 is 9.64 Å². The predicted octanol–water partition coefficient (Wildman–Crippen LogP) is 4.01. The second-order valence-corrected chi connectivity index (χ2v) is 8.45. The first-order valence-corrected chi connectivity index (χ1v) is 10.8. The maximum absolute atomic E-state index is 12.8. The van der Waals surface area contributed by atoms with Gasteiger partial charge in [-0.1, -0.05) is 37.1 Å². The van der Waals surface area contributed by atoms with Crippen molar-refractivity contribution in [3.8, 4) is 11.4 Å². The number of amides is 1. The van der Waals surface area contributed by atoms with Gasteiger partial charge in [0.2, 0.25) is 5.91 Å². The van der Waals surface area contributed by atoms with E-state index in [0.717, 1.165) is 41.5 Å². The molecule has 1 aliphatic carbocycles. The van der Waals surface area contributed by atoms with Gasteiger partial charge in [0.1, 0.15) is 5.75 Å². The molecule has 144 valence electrons. The zero-order chi connectivity index (χ0) is 18.6. The number of likely N-dealkylation sites (tertiary alicyclic amines) is 1. The van der Waals surface area contributed by atoms with Gasteiger partial charge in [-0.3, -0.25) is 9.36 Å². The number of piperidine rings is 1. The molecule has 1 amide bonds. The highest BCUT2D eigenvalue weighted by Crippen LogP contribution is 2.36. The van der Waals surface area contributed by atoms with Crippen LogP contribution in [-0.2, 0) is 4.79 Å². The molecule has 0 spiro atoms. The number of aromatic nitrogens is 2. The van der Waals surface area contributed by atoms with Crippen LogP contribution >= 0.6 is 11.8 Å². The molecule has 0 unspecified atom stereocenters. The summed E-state index contributed by atoms with van der Waals surface area (Å²) < 4.78 is 7.32. The molecule has 2 fully saturated rings. The number of ether oxygens (including phenoxy) is 1. The highest BCUT2D eigenvalue weighted by molar-refractivity contribution is 7.99. The molecule has 2 heterocycles. The van der Waals surface area contributed by atoms with Crippen LogP contribution in [0.4, 0.5) is 0 Å². The number of thioether (sulfide) groups is 1. The molecule has 0 radical (unpaired) electrons. The molecule has 0 bridgehead atoms. The summed E-state index contributed by atoms with van der Waals surface area (Å²) in [6, 6.07) is 7.87. The number of rotatable bonds is 5. The number of imidazole rings is 1. The van der Waals surface area contributed by atoms with Crippen molar-refractivity contribution in [1.29, 1.82) is 0 Å². The van der Waals surface area contributed by atoms with Crippen LogP contribution in [0.15, 0.2) is 41.8 Å². The third-order valence-corrected chi connectivity index (χ3v) is 6.86. The minimum atomic E-state index is 0.240. The van der Waals surface area contributed by atoms with Crippen molar-refractivity contribution in [2.24, 2.45) is 11.8 Å². The Morgan fingerprint density at radius 3 is 2.96 bits per heavy atom. The molecule has 1 saturated heterocycles. The quantitative estimate of drug-likeness (QED) is 0.730. The van der Waals surface area contributed by atoms with Crippen molar-refractivity contribution in [1.82, 2.24) is 14.5 Å². The third kappa shape index (κ3) is 4.15. The molecule has 1 aliphatic heterocycles. The zero-order valence-electron chi connectivity index (χ0n) is 15.8. The standard InChI is InChI=1S/C21H27N3O2S/c1-26-19-8-4-7-18(13-19)24-12-10-22-21(24)27-15-20(25)23-11-9-16-5-2-3-6-17(16)14-23/h4,7-8,10,12-13,16-17H,2-3,5-6,9,11,14-15H2,1H3/t16-,17+/m0/s1. The van der Waals surface area contributed by atoms with Crippen molar-refractivity contribution < 1.29 is 9.53 Å². The number of fused-ring (bicyclic) bond motifs is 1. The van der Waals surface area contributed by atoms with Gasteiger partial charge in [0, 0.05) is 31.5 Å². The van der Waals surface area contributed by atoms with E-state index in [0.29, 0.717) is 5.75 Å². The lowest BCUT2D eigenvalue weighted by Gasteiger charge is -2.41. The summed E-state index contributed by atoms with van der Waals surface area (Å²) >= 11 is 1.51. The van der Waals surface area contributed by atoms with Crippen LogP contribution in [0.5, 0.6) is 5.75 Å². The van der Waals surface area contributed by atoms with Gasteiger partial charge in [-0.05, 0) is 36.8 Å². The second-order valence-electron chi connectivity index (χ2n) is 7.50. The molecule has 0 N–H and O–H groups in total. The largest absolute Gasteiger partial charge is 0.497 e. The van der Waals surface area contributed by atoms with E-state index < -0.39 is 0 Å². The SMILES string of the molecule is COc1cccc(-n2ccnc2SCC(=O)N2CC[C@@H]3CCCC[C@@H]3C2)c1. The molecule has 6 heteroatoms. The number of methoxy groups -OCH3 is 1. The highest BCUT2D eigenvalue weighted by atomic mass is 32.2. The summed E-state index contributed by atoms with van der Waals surface area (Å²) in [7, 11) is 1.66. The summed E-state index contributed by atoms with van der Waals surface area (Å²) in [4.78, 5) is 19.3. The summed E-state index contributed by atoms with van der Waals surface area (Å²) in [5, 5.41) is 0.837. The van der Waals surface area contributed by atoms with Gasteiger partial charge in [-0.25, -0.2) is 4.98 Å². The lowest BCUT2D eigenvalue weighted by atomic mass is 9.75. The lowest BCUT2D eigenvalue weighted by molar-refractivity contribution is -0.131. The molecule has 27 heavy (non-hydrogen) atoms. The smallest absolute Gasteiger partial charge is 0.233 e. The average Bonchev–Trinajstić information content (AvgIpc) is 3.20. The Labute approximate surface area is 165 Å². The van der Waals surface area contributed by atoms with Crippen LogP contribution in [0.1, 0.15) is 32.1 Å². The van der Waals surface area contributed by atoms with Crippen LogP contribution in [-0.4, -0.2) is 46.3 Å². The maximum atomic E-state index is 12.8. The van der Waals surface area contributed by atoms with Gasteiger partial charge in [0.15, 0.2) is 5.16 Å². The number of benzene rings is 1. The van der Waals surface area contributed by atoms with Crippen molar-refractivity contribution in [3.63, 3.8) is 0 Å². The first kappa shape index (κ1) is 18.4. The topological polar surface area (TPSA) is 47.4 Å². The molecule has 2 aromatic rings.